The maximum atomic E-state index is 11.9. The zero-order chi connectivity index (χ0) is 17.4. The van der Waals surface area contributed by atoms with Crippen molar-refractivity contribution in [1.82, 2.24) is 19.9 Å². The van der Waals surface area contributed by atoms with Crippen molar-refractivity contribution in [2.24, 2.45) is 0 Å². The molecule has 0 spiro atoms. The number of rotatable bonds is 3. The Morgan fingerprint density at radius 3 is 2.58 bits per heavy atom. The number of nitrogens with one attached hydrogen (secondary N) is 1. The third-order valence-electron chi connectivity index (χ3n) is 3.89. The molecule has 4 rings (SSSR count). The van der Waals surface area contributed by atoms with Crippen molar-refractivity contribution in [3.8, 4) is 17.1 Å². The summed E-state index contributed by atoms with van der Waals surface area (Å²) in [6.07, 6.45) is 5.09. The van der Waals surface area contributed by atoms with E-state index < -0.39 is 6.03 Å². The van der Waals surface area contributed by atoms with Crippen molar-refractivity contribution in [1.29, 1.82) is 0 Å². The van der Waals surface area contributed by atoms with Gasteiger partial charge in [-0.3, -0.25) is 9.36 Å². The summed E-state index contributed by atoms with van der Waals surface area (Å²) in [7, 11) is 0. The fourth-order valence-electron chi connectivity index (χ4n) is 2.78. The topological polar surface area (TPSA) is 106 Å². The highest BCUT2D eigenvalue weighted by atomic mass is 35.5. The van der Waals surface area contributed by atoms with Crippen LogP contribution in [0.3, 0.4) is 0 Å². The molecule has 1 fully saturated rings. The van der Waals surface area contributed by atoms with Gasteiger partial charge in [0.1, 0.15) is 11.6 Å². The molecule has 9 heteroatoms. The van der Waals surface area contributed by atoms with Gasteiger partial charge in [0, 0.05) is 29.8 Å². The van der Waals surface area contributed by atoms with E-state index in [0.717, 1.165) is 16.2 Å². The third kappa shape index (κ3) is 2.98. The minimum Gasteiger partial charge on any atom is -0.384 e. The van der Waals surface area contributed by atoms with Crippen LogP contribution < -0.4 is 16.0 Å². The lowest BCUT2D eigenvalue weighted by atomic mass is 10.2. The van der Waals surface area contributed by atoms with Crippen LogP contribution in [0, 0.1) is 0 Å². The molecule has 3 aromatic rings. The third-order valence-corrected chi connectivity index (χ3v) is 3.89. The summed E-state index contributed by atoms with van der Waals surface area (Å²) in [5.74, 6) is 0.804. The average molecular weight is 371 g/mol. The summed E-state index contributed by atoms with van der Waals surface area (Å²) in [6, 6.07) is 10.3. The zero-order valence-corrected chi connectivity index (χ0v) is 14.3. The molecule has 1 aromatic carbocycles. The van der Waals surface area contributed by atoms with Crippen LogP contribution in [-0.2, 0) is 4.79 Å². The number of anilines is 2. The first-order valence-corrected chi connectivity index (χ1v) is 7.60. The number of pyridine rings is 1. The number of hydrogen-bond acceptors (Lipinski definition) is 5. The number of aromatic nitrogens is 3. The Kier molecular flexibility index (Phi) is 4.59. The van der Waals surface area contributed by atoms with Gasteiger partial charge >= 0.3 is 6.03 Å². The van der Waals surface area contributed by atoms with Crippen molar-refractivity contribution in [2.75, 3.05) is 17.2 Å². The summed E-state index contributed by atoms with van der Waals surface area (Å²) < 4.78 is 1.86. The minimum atomic E-state index is -0.421. The van der Waals surface area contributed by atoms with Crippen LogP contribution in [0.1, 0.15) is 0 Å². The van der Waals surface area contributed by atoms with Gasteiger partial charge in [0.25, 0.3) is 5.91 Å². The van der Waals surface area contributed by atoms with E-state index in [0.29, 0.717) is 17.3 Å². The fourth-order valence-corrected chi connectivity index (χ4v) is 2.78. The first-order valence-electron chi connectivity index (χ1n) is 7.60. The van der Waals surface area contributed by atoms with E-state index in [1.807, 2.05) is 16.7 Å². The molecule has 26 heavy (non-hydrogen) atoms. The maximum Gasteiger partial charge on any atom is 0.329 e. The highest BCUT2D eigenvalue weighted by Gasteiger charge is 2.30. The first-order chi connectivity index (χ1) is 12.1. The minimum absolute atomic E-state index is 0. The van der Waals surface area contributed by atoms with Crippen LogP contribution in [0.25, 0.3) is 17.1 Å². The van der Waals surface area contributed by atoms with E-state index in [-0.39, 0.29) is 24.9 Å². The van der Waals surface area contributed by atoms with Gasteiger partial charge in [-0.25, -0.2) is 19.7 Å². The molecule has 0 unspecified atom stereocenters. The molecule has 3 heterocycles. The summed E-state index contributed by atoms with van der Waals surface area (Å²) in [5, 5.41) is 2.51. The zero-order valence-electron chi connectivity index (χ0n) is 13.5. The first kappa shape index (κ1) is 17.4. The molecule has 3 N–H and O–H groups in total. The van der Waals surface area contributed by atoms with E-state index in [4.69, 9.17) is 5.73 Å². The van der Waals surface area contributed by atoms with Gasteiger partial charge < -0.3 is 11.1 Å². The number of amides is 3. The van der Waals surface area contributed by atoms with E-state index in [9.17, 15) is 9.59 Å². The number of benzene rings is 1. The van der Waals surface area contributed by atoms with Crippen LogP contribution in [0.5, 0.6) is 0 Å². The number of nitrogens with two attached hydrogens (primary N) is 1. The summed E-state index contributed by atoms with van der Waals surface area (Å²) in [4.78, 5) is 33.3. The highest BCUT2D eigenvalue weighted by Crippen LogP contribution is 2.25. The van der Waals surface area contributed by atoms with Crippen LogP contribution in [-0.4, -0.2) is 33.0 Å². The Morgan fingerprint density at radius 2 is 1.85 bits per heavy atom. The lowest BCUT2D eigenvalue weighted by molar-refractivity contribution is -0.115. The molecule has 0 bridgehead atoms. The molecule has 2 aromatic heterocycles. The molecule has 0 aliphatic carbocycles. The van der Waals surface area contributed by atoms with Gasteiger partial charge in [-0.2, -0.15) is 0 Å². The second-order valence-corrected chi connectivity index (χ2v) is 5.50. The number of imide groups is 1. The lowest BCUT2D eigenvalue weighted by Crippen LogP contribution is -2.30. The molecule has 1 aliphatic heterocycles. The van der Waals surface area contributed by atoms with Gasteiger partial charge in [-0.15, -0.1) is 12.4 Å². The Hall–Kier alpha value is -3.39. The largest absolute Gasteiger partial charge is 0.384 e. The van der Waals surface area contributed by atoms with Crippen LogP contribution >= 0.6 is 12.4 Å². The highest BCUT2D eigenvalue weighted by molar-refractivity contribution is 6.19. The molecule has 3 amide bonds. The van der Waals surface area contributed by atoms with Crippen LogP contribution in [0.4, 0.5) is 16.3 Å². The lowest BCUT2D eigenvalue weighted by Gasteiger charge is -2.15. The number of nitrogen functional groups attached to an aromatic ring is 1. The summed E-state index contributed by atoms with van der Waals surface area (Å²) in [6.45, 7) is 0.00960. The molecule has 1 aliphatic rings. The number of carbonyl (C=O) groups is 2. The monoisotopic (exact) mass is 370 g/mol. The smallest absolute Gasteiger partial charge is 0.329 e. The number of imidazole rings is 1. The van der Waals surface area contributed by atoms with E-state index in [1.54, 1.807) is 42.9 Å². The maximum absolute atomic E-state index is 11.9. The molecule has 1 saturated heterocycles. The van der Waals surface area contributed by atoms with Gasteiger partial charge in [0.2, 0.25) is 0 Å². The number of urea groups is 1. The molecular weight excluding hydrogens is 356 g/mol. The molecule has 8 nitrogen and oxygen atoms in total. The van der Waals surface area contributed by atoms with E-state index in [1.165, 1.54) is 0 Å². The van der Waals surface area contributed by atoms with Crippen molar-refractivity contribution >= 4 is 35.9 Å². The Balaban J connectivity index is 0.00000196. The number of nitrogens with zero attached hydrogens (tertiary/aromatic N) is 4. The van der Waals surface area contributed by atoms with Crippen molar-refractivity contribution in [2.45, 2.75) is 0 Å². The predicted molar refractivity (Wildman–Crippen MR) is 99.3 cm³/mol. The van der Waals surface area contributed by atoms with Crippen molar-refractivity contribution in [3.05, 3.63) is 55.0 Å². The molecule has 0 atom stereocenters. The number of carbonyl (C=O) groups excluding carboxylic acids is 2. The fraction of sp³-hybridized carbons (Fsp3) is 0.0588. The second kappa shape index (κ2) is 6.85. The Morgan fingerprint density at radius 1 is 1.04 bits per heavy atom. The summed E-state index contributed by atoms with van der Waals surface area (Å²) >= 11 is 0. The van der Waals surface area contributed by atoms with Crippen LogP contribution in [0.15, 0.2) is 55.0 Å². The molecule has 132 valence electrons. The standard InChI is InChI=1S/C17H14N6O2.ClH/c18-14-8-11(4-5-19-14)16-20-6-7-22(16)12-2-1-3-13(9-12)23-15(24)10-21-17(23)25;/h1-9H,10H2,(H2,18,19)(H,21,25);1H. The van der Waals surface area contributed by atoms with Crippen molar-refractivity contribution in [3.63, 3.8) is 0 Å². The van der Waals surface area contributed by atoms with E-state index in [2.05, 4.69) is 15.3 Å². The average Bonchev–Trinajstić information content (AvgIpc) is 3.22. The van der Waals surface area contributed by atoms with Gasteiger partial charge in [-0.1, -0.05) is 6.07 Å². The molecule has 0 saturated carbocycles. The molecule has 0 radical (unpaired) electrons. The van der Waals surface area contributed by atoms with Gasteiger partial charge in [0.15, 0.2) is 0 Å². The predicted octanol–water partition coefficient (Wildman–Crippen LogP) is 1.99. The summed E-state index contributed by atoms with van der Waals surface area (Å²) in [5.41, 5.74) is 7.85. The van der Waals surface area contributed by atoms with Crippen LogP contribution in [0.2, 0.25) is 0 Å². The van der Waals surface area contributed by atoms with Gasteiger partial charge in [0.05, 0.1) is 12.2 Å². The number of hydrogen-bond donors (Lipinski definition) is 2. The van der Waals surface area contributed by atoms with Crippen molar-refractivity contribution < 1.29 is 9.59 Å². The Bertz CT molecular complexity index is 971. The Labute approximate surface area is 155 Å². The normalized spacial score (nSPS) is 13.5. The SMILES string of the molecule is Cl.Nc1cc(-c2nccn2-c2cccc(N3C(=O)CNC3=O)c2)ccn1. The number of halogens is 1. The molecular formula is C17H15ClN6O2. The van der Waals surface area contributed by atoms with E-state index >= 15 is 0 Å². The quantitative estimate of drug-likeness (QED) is 0.686. The second-order valence-electron chi connectivity index (χ2n) is 5.50. The van der Waals surface area contributed by atoms with Gasteiger partial charge in [-0.05, 0) is 30.3 Å².